The summed E-state index contributed by atoms with van der Waals surface area (Å²) in [6.07, 6.45) is 2.92. The average Bonchev–Trinajstić information content (AvgIpc) is 2.87. The van der Waals surface area contributed by atoms with Crippen molar-refractivity contribution < 1.29 is 9.53 Å². The second-order valence-corrected chi connectivity index (χ2v) is 6.74. The molecule has 1 aliphatic heterocycles. The lowest BCUT2D eigenvalue weighted by atomic mass is 9.74. The number of ether oxygens (including phenoxy) is 1. The first kappa shape index (κ1) is 17.0. The van der Waals surface area contributed by atoms with Crippen molar-refractivity contribution in [1.82, 2.24) is 5.32 Å². The van der Waals surface area contributed by atoms with Gasteiger partial charge in [0.25, 0.3) is 5.91 Å². The number of hydrogen-bond donors (Lipinski definition) is 1. The summed E-state index contributed by atoms with van der Waals surface area (Å²) in [4.78, 5) is 12.5. The Bertz CT molecular complexity index is 679. The van der Waals surface area contributed by atoms with Gasteiger partial charge in [0, 0.05) is 35.8 Å². The highest BCUT2D eigenvalue weighted by atomic mass is 35.5. The fourth-order valence-corrected chi connectivity index (χ4v) is 3.54. The molecule has 1 aliphatic rings. The van der Waals surface area contributed by atoms with Crippen LogP contribution in [0.5, 0.6) is 0 Å². The van der Waals surface area contributed by atoms with Gasteiger partial charge in [-0.3, -0.25) is 4.79 Å². The molecule has 24 heavy (non-hydrogen) atoms. The first-order chi connectivity index (χ1) is 11.7. The molecule has 4 heteroatoms. The molecule has 1 amide bonds. The van der Waals surface area contributed by atoms with Crippen molar-refractivity contribution in [2.24, 2.45) is 0 Å². The van der Waals surface area contributed by atoms with E-state index >= 15 is 0 Å². The molecule has 1 atom stereocenters. The minimum Gasteiger partial charge on any atom is -0.381 e. The van der Waals surface area contributed by atoms with E-state index in [1.807, 2.05) is 6.07 Å². The van der Waals surface area contributed by atoms with Crippen molar-refractivity contribution in [3.63, 3.8) is 0 Å². The zero-order valence-electron chi connectivity index (χ0n) is 13.6. The van der Waals surface area contributed by atoms with Gasteiger partial charge in [0.05, 0.1) is 0 Å². The summed E-state index contributed by atoms with van der Waals surface area (Å²) < 4.78 is 5.65. The molecule has 0 bridgehead atoms. The van der Waals surface area contributed by atoms with Crippen LogP contribution in [0.2, 0.25) is 5.02 Å². The smallest absolute Gasteiger partial charge is 0.251 e. The van der Waals surface area contributed by atoms with Gasteiger partial charge >= 0.3 is 0 Å². The summed E-state index contributed by atoms with van der Waals surface area (Å²) >= 11 is 5.99. The van der Waals surface area contributed by atoms with E-state index in [1.54, 1.807) is 24.3 Å². The second kappa shape index (κ2) is 7.82. The first-order valence-electron chi connectivity index (χ1n) is 8.37. The van der Waals surface area contributed by atoms with E-state index in [0.717, 1.165) is 32.5 Å². The number of amides is 1. The first-order valence-corrected chi connectivity index (χ1v) is 8.74. The molecule has 2 aromatic rings. The lowest BCUT2D eigenvalue weighted by Crippen LogP contribution is -2.41. The van der Waals surface area contributed by atoms with Gasteiger partial charge in [0.15, 0.2) is 0 Å². The highest BCUT2D eigenvalue weighted by molar-refractivity contribution is 6.30. The minimum atomic E-state index is -0.0852. The Hall–Kier alpha value is -1.84. The molecule has 1 saturated heterocycles. The van der Waals surface area contributed by atoms with Crippen LogP contribution in [0.4, 0.5) is 0 Å². The van der Waals surface area contributed by atoms with Gasteiger partial charge in [0.2, 0.25) is 0 Å². The highest BCUT2D eigenvalue weighted by Crippen LogP contribution is 2.34. The minimum absolute atomic E-state index is 0.0774. The van der Waals surface area contributed by atoms with E-state index < -0.39 is 0 Å². The summed E-state index contributed by atoms with van der Waals surface area (Å²) in [7, 11) is 0. The third-order valence-corrected chi connectivity index (χ3v) is 4.96. The molecule has 2 aromatic carbocycles. The summed E-state index contributed by atoms with van der Waals surface area (Å²) in [5, 5.41) is 3.68. The third kappa shape index (κ3) is 3.97. The van der Waals surface area contributed by atoms with Crippen molar-refractivity contribution in [1.29, 1.82) is 0 Å². The monoisotopic (exact) mass is 343 g/mol. The zero-order chi connectivity index (χ0) is 16.8. The molecule has 0 aliphatic carbocycles. The Kier molecular flexibility index (Phi) is 5.54. The number of benzene rings is 2. The van der Waals surface area contributed by atoms with E-state index in [9.17, 15) is 4.79 Å². The Balaban J connectivity index is 1.78. The lowest BCUT2D eigenvalue weighted by Gasteiger charge is -2.33. The molecule has 1 fully saturated rings. The van der Waals surface area contributed by atoms with Crippen LogP contribution in [-0.4, -0.2) is 25.7 Å². The Morgan fingerprint density at radius 3 is 2.71 bits per heavy atom. The van der Waals surface area contributed by atoms with E-state index in [4.69, 9.17) is 16.3 Å². The topological polar surface area (TPSA) is 38.3 Å². The SMILES string of the molecule is O=C(NC[C@]1(c2ccccc2)CCCOCC1)c1cccc(Cl)c1. The predicted molar refractivity (Wildman–Crippen MR) is 96.6 cm³/mol. The number of rotatable bonds is 4. The molecule has 1 N–H and O–H groups in total. The van der Waals surface area contributed by atoms with Gasteiger partial charge in [-0.25, -0.2) is 0 Å². The summed E-state index contributed by atoms with van der Waals surface area (Å²) in [6, 6.07) is 17.5. The Morgan fingerprint density at radius 1 is 1.08 bits per heavy atom. The normalized spacial score (nSPS) is 21.0. The van der Waals surface area contributed by atoms with E-state index in [0.29, 0.717) is 17.1 Å². The maximum Gasteiger partial charge on any atom is 0.251 e. The summed E-state index contributed by atoms with van der Waals surface area (Å²) in [5.74, 6) is -0.0852. The van der Waals surface area contributed by atoms with Crippen LogP contribution >= 0.6 is 11.6 Å². The van der Waals surface area contributed by atoms with Crippen LogP contribution in [0.25, 0.3) is 0 Å². The van der Waals surface area contributed by atoms with Crippen molar-refractivity contribution in [2.75, 3.05) is 19.8 Å². The largest absolute Gasteiger partial charge is 0.381 e. The fraction of sp³-hybridized carbons (Fsp3) is 0.350. The zero-order valence-corrected chi connectivity index (χ0v) is 14.4. The fourth-order valence-electron chi connectivity index (χ4n) is 3.35. The van der Waals surface area contributed by atoms with Crippen LogP contribution in [0.1, 0.15) is 35.2 Å². The number of nitrogens with one attached hydrogen (secondary N) is 1. The summed E-state index contributed by atoms with van der Waals surface area (Å²) in [6.45, 7) is 2.12. The molecule has 0 unspecified atom stereocenters. The molecule has 1 heterocycles. The second-order valence-electron chi connectivity index (χ2n) is 6.31. The third-order valence-electron chi connectivity index (χ3n) is 4.73. The predicted octanol–water partition coefficient (Wildman–Crippen LogP) is 4.21. The molecule has 126 valence electrons. The van der Waals surface area contributed by atoms with Crippen LogP contribution in [0.15, 0.2) is 54.6 Å². The van der Waals surface area contributed by atoms with E-state index in [-0.39, 0.29) is 11.3 Å². The summed E-state index contributed by atoms with van der Waals surface area (Å²) in [5.41, 5.74) is 1.78. The van der Waals surface area contributed by atoms with Crippen LogP contribution in [0, 0.1) is 0 Å². The van der Waals surface area contributed by atoms with Gasteiger partial charge in [-0.05, 0) is 43.0 Å². The molecule has 0 radical (unpaired) electrons. The van der Waals surface area contributed by atoms with Gasteiger partial charge < -0.3 is 10.1 Å². The molecule has 0 spiro atoms. The van der Waals surface area contributed by atoms with Crippen LogP contribution in [-0.2, 0) is 10.2 Å². The molecular weight excluding hydrogens is 322 g/mol. The molecule has 0 aromatic heterocycles. The van der Waals surface area contributed by atoms with Crippen molar-refractivity contribution in [3.05, 3.63) is 70.7 Å². The molecular formula is C20H22ClNO2. The number of carbonyl (C=O) groups excluding carboxylic acids is 1. The van der Waals surface area contributed by atoms with Gasteiger partial charge in [-0.2, -0.15) is 0 Å². The maximum atomic E-state index is 12.5. The van der Waals surface area contributed by atoms with Crippen LogP contribution < -0.4 is 5.32 Å². The van der Waals surface area contributed by atoms with E-state index in [2.05, 4.69) is 29.6 Å². The maximum absolute atomic E-state index is 12.5. The quantitative estimate of drug-likeness (QED) is 0.903. The van der Waals surface area contributed by atoms with E-state index in [1.165, 1.54) is 5.56 Å². The number of hydrogen-bond acceptors (Lipinski definition) is 2. The molecule has 3 nitrogen and oxygen atoms in total. The highest BCUT2D eigenvalue weighted by Gasteiger charge is 2.33. The van der Waals surface area contributed by atoms with Gasteiger partial charge in [0.1, 0.15) is 0 Å². The van der Waals surface area contributed by atoms with Crippen molar-refractivity contribution in [3.8, 4) is 0 Å². The van der Waals surface area contributed by atoms with Crippen molar-refractivity contribution >= 4 is 17.5 Å². The van der Waals surface area contributed by atoms with Crippen molar-refractivity contribution in [2.45, 2.75) is 24.7 Å². The standard InChI is InChI=1S/C20H22ClNO2/c21-18-9-4-6-16(14-18)19(23)22-15-20(10-5-12-24-13-11-20)17-7-2-1-3-8-17/h1-4,6-9,14H,5,10-13,15H2,(H,22,23)/t20-/m0/s1. The molecule has 0 saturated carbocycles. The Labute approximate surface area is 148 Å². The Morgan fingerprint density at radius 2 is 1.92 bits per heavy atom. The molecule has 3 rings (SSSR count). The number of halogens is 1. The van der Waals surface area contributed by atoms with Gasteiger partial charge in [-0.1, -0.05) is 48.0 Å². The average molecular weight is 344 g/mol. The number of carbonyl (C=O) groups is 1. The van der Waals surface area contributed by atoms with Crippen LogP contribution in [0.3, 0.4) is 0 Å². The van der Waals surface area contributed by atoms with Gasteiger partial charge in [-0.15, -0.1) is 0 Å². The lowest BCUT2D eigenvalue weighted by molar-refractivity contribution is 0.0937.